The van der Waals surface area contributed by atoms with Gasteiger partial charge in [-0.05, 0) is 85.9 Å². The van der Waals surface area contributed by atoms with Crippen LogP contribution in [-0.4, -0.2) is 217 Å². The molecule has 564 valence electrons. The molecule has 104 heavy (non-hydrogen) atoms. The normalized spacial score (nSPS) is 22.2. The summed E-state index contributed by atoms with van der Waals surface area (Å²) in [5, 5.41) is 73.9. The van der Waals surface area contributed by atoms with Crippen molar-refractivity contribution in [2.75, 3.05) is 37.7 Å². The molecule has 0 aliphatic carbocycles. The fraction of sp³-hybridized carbons (Fsp3) is 0.485. The van der Waals surface area contributed by atoms with Crippen LogP contribution in [0.1, 0.15) is 94.9 Å². The zero-order valence-corrected chi connectivity index (χ0v) is 58.9. The van der Waals surface area contributed by atoms with Gasteiger partial charge in [-0.1, -0.05) is 77.9 Å². The lowest BCUT2D eigenvalue weighted by molar-refractivity contribution is -0.139. The smallest absolute Gasteiger partial charge is 0.303 e. The molecule has 2 aliphatic heterocycles. The second-order valence-electron chi connectivity index (χ2n) is 25.2. The van der Waals surface area contributed by atoms with E-state index in [-0.39, 0.29) is 75.4 Å². The molecule has 2 aliphatic rings. The molecule has 0 radical (unpaired) electrons. The molecule has 4 aromatic rings. The number of nitrogens with zero attached hydrogens (tertiary/aromatic N) is 2. The summed E-state index contributed by atoms with van der Waals surface area (Å²) in [5.74, 6) is -15.7. The first-order chi connectivity index (χ1) is 49.5. The Hall–Kier alpha value is -10.8. The van der Waals surface area contributed by atoms with Gasteiger partial charge in [0.2, 0.25) is 76.8 Å². The third-order valence-electron chi connectivity index (χ3n) is 16.8. The summed E-state index contributed by atoms with van der Waals surface area (Å²) in [5.41, 5.74) is 24.1. The molecular formula is C66H91N19O17S2. The molecule has 2 fully saturated rings. The van der Waals surface area contributed by atoms with Crippen molar-refractivity contribution >= 4 is 121 Å². The summed E-state index contributed by atoms with van der Waals surface area (Å²) in [6.45, 7) is 2.93. The lowest BCUT2D eigenvalue weighted by Crippen LogP contribution is -2.61. The highest BCUT2D eigenvalue weighted by Crippen LogP contribution is 2.25. The third kappa shape index (κ3) is 26.2. The van der Waals surface area contributed by atoms with Crippen LogP contribution in [0.25, 0.3) is 10.9 Å². The number of carboxylic acid groups (broad SMARTS) is 1. The molecule has 3 aromatic carbocycles. The van der Waals surface area contributed by atoms with Crippen LogP contribution < -0.4 is 81.4 Å². The molecule has 0 spiro atoms. The fourth-order valence-electron chi connectivity index (χ4n) is 11.2. The van der Waals surface area contributed by atoms with Crippen LogP contribution in [0.5, 0.6) is 11.5 Å². The first kappa shape index (κ1) is 82.2. The number of hydrogen-bond donors (Lipinski definition) is 20. The van der Waals surface area contributed by atoms with Crippen molar-refractivity contribution in [2.24, 2.45) is 28.9 Å². The number of carboxylic acids is 1. The lowest BCUT2D eigenvalue weighted by atomic mass is 10.00. The maximum Gasteiger partial charge on any atom is 0.303 e. The summed E-state index contributed by atoms with van der Waals surface area (Å²) in [6, 6.07) is 2.56. The number of primary amides is 2. The van der Waals surface area contributed by atoms with E-state index >= 15 is 4.79 Å². The largest absolute Gasteiger partial charge is 0.508 e. The number of aliphatic carboxylic acids is 1. The number of phenols is 2. The highest BCUT2D eigenvalue weighted by molar-refractivity contribution is 8.76. The molecule has 24 N–H and O–H groups in total. The van der Waals surface area contributed by atoms with Crippen LogP contribution in [0.3, 0.4) is 0 Å². The predicted octanol–water partition coefficient (Wildman–Crippen LogP) is -3.86. The van der Waals surface area contributed by atoms with Gasteiger partial charge in [-0.2, -0.15) is 5.10 Å². The van der Waals surface area contributed by atoms with Gasteiger partial charge in [-0.3, -0.25) is 77.6 Å². The first-order valence-corrected chi connectivity index (χ1v) is 36.1. The summed E-state index contributed by atoms with van der Waals surface area (Å²) >= 11 is 0. The first-order valence-electron chi connectivity index (χ1n) is 33.6. The van der Waals surface area contributed by atoms with Crippen LogP contribution in [0.15, 0.2) is 72.8 Å². The van der Waals surface area contributed by atoms with E-state index in [1.54, 1.807) is 38.1 Å². The van der Waals surface area contributed by atoms with Crippen LogP contribution in [0, 0.1) is 11.3 Å². The second-order valence-corrected chi connectivity index (χ2v) is 27.7. The summed E-state index contributed by atoms with van der Waals surface area (Å²) in [4.78, 5) is 197. The Bertz CT molecular complexity index is 3730. The van der Waals surface area contributed by atoms with E-state index in [0.717, 1.165) is 21.6 Å². The van der Waals surface area contributed by atoms with Gasteiger partial charge in [0, 0.05) is 88.0 Å². The molecule has 3 heterocycles. The van der Waals surface area contributed by atoms with Crippen molar-refractivity contribution in [3.63, 3.8) is 0 Å². The van der Waals surface area contributed by atoms with Gasteiger partial charge in [0.1, 0.15) is 71.9 Å². The molecule has 38 heteroatoms. The maximum atomic E-state index is 15.0. The minimum absolute atomic E-state index is 0.00468. The van der Waals surface area contributed by atoms with Gasteiger partial charge in [0.25, 0.3) is 0 Å². The molecule has 10 atom stereocenters. The number of aromatic amines is 1. The molecule has 1 aromatic heterocycles. The number of H-pyrrole nitrogens is 1. The second kappa shape index (κ2) is 40.8. The van der Waals surface area contributed by atoms with Crippen molar-refractivity contribution in [3.8, 4) is 11.5 Å². The molecule has 13 amide bonds. The number of amides is 13. The number of fused-ring (bicyclic) bond motifs is 1. The predicted molar refractivity (Wildman–Crippen MR) is 380 cm³/mol. The van der Waals surface area contributed by atoms with E-state index in [1.165, 1.54) is 53.4 Å². The van der Waals surface area contributed by atoms with Crippen molar-refractivity contribution in [2.45, 2.75) is 158 Å². The van der Waals surface area contributed by atoms with Gasteiger partial charge in [-0.25, -0.2) is 0 Å². The van der Waals surface area contributed by atoms with Crippen molar-refractivity contribution < 1.29 is 82.4 Å². The number of likely N-dealkylation sites (tertiary alicyclic amines) is 1. The van der Waals surface area contributed by atoms with Crippen molar-refractivity contribution in [1.29, 1.82) is 5.41 Å². The highest BCUT2D eigenvalue weighted by Gasteiger charge is 2.39. The highest BCUT2D eigenvalue weighted by atomic mass is 33.1. The van der Waals surface area contributed by atoms with Crippen molar-refractivity contribution in [1.82, 2.24) is 73.6 Å². The Morgan fingerprint density at radius 2 is 1.26 bits per heavy atom. The Morgan fingerprint density at radius 1 is 0.673 bits per heavy atom. The van der Waals surface area contributed by atoms with Gasteiger partial charge < -0.3 is 102 Å². The molecule has 6 rings (SSSR count). The number of carbonyl (C=O) groups excluding carboxylic acids is 13. The van der Waals surface area contributed by atoms with E-state index < -0.39 is 212 Å². The molecule has 36 nitrogen and oxygen atoms in total. The number of guanidine groups is 1. The average molecular weight is 1490 g/mol. The van der Waals surface area contributed by atoms with E-state index in [2.05, 4.69) is 68.7 Å². The zero-order valence-electron chi connectivity index (χ0n) is 57.3. The third-order valence-corrected chi connectivity index (χ3v) is 19.2. The zero-order chi connectivity index (χ0) is 76.2. The van der Waals surface area contributed by atoms with Gasteiger partial charge in [0.15, 0.2) is 5.96 Å². The lowest BCUT2D eigenvalue weighted by Gasteiger charge is -2.29. The number of hydrogen-bond acceptors (Lipinski definition) is 21. The number of rotatable bonds is 24. The minimum atomic E-state index is -1.77. The average Bonchev–Trinajstić information content (AvgIpc) is 1.66. The Labute approximate surface area is 605 Å². The molecule has 0 bridgehead atoms. The summed E-state index contributed by atoms with van der Waals surface area (Å²) in [6.07, 6.45) is -3.15. The Kier molecular flexibility index (Phi) is 32.2. The van der Waals surface area contributed by atoms with E-state index in [1.807, 2.05) is 0 Å². The minimum Gasteiger partial charge on any atom is -0.508 e. The Morgan fingerprint density at radius 3 is 1.89 bits per heavy atom. The number of nitrogens with one attached hydrogen (secondary N) is 13. The van der Waals surface area contributed by atoms with E-state index in [4.69, 9.17) is 28.3 Å². The van der Waals surface area contributed by atoms with Crippen LogP contribution in [0.2, 0.25) is 0 Å². The van der Waals surface area contributed by atoms with Gasteiger partial charge in [-0.15, -0.1) is 0 Å². The van der Waals surface area contributed by atoms with Crippen LogP contribution >= 0.6 is 21.6 Å². The number of para-hydroxylation sites is 1. The molecular weight excluding hydrogens is 1390 g/mol. The number of aromatic nitrogens is 2. The quantitative estimate of drug-likeness (QED) is 0.0138. The summed E-state index contributed by atoms with van der Waals surface area (Å²) < 4.78 is 0. The standard InChI is InChI=1S/C66H91N19O17S2/c1-34(2)55-65(102)79-46(30-36-13-17-38(87)18-14-36)60(97)75-41(9-5-26-73-66(70)71)57(94)72-27-24-52(89)74-42(19-21-51(68)88)58(95)77-47(31-44-39-7-3-4-8-40(39)83-84-44)62(99)76-43(20-22-54(91)92)59(96)80-48(56(69)93)32-103-104-33-49(63(100)82-55)81-61(98)45(29-35-11-15-37(86)16-12-35)78-64(101)50-10-6-28-85(50)53(90)23-25-67/h3-4,7-8,11-18,34,41-43,45-50,55,86-87H,5-6,9-10,19-33,67H2,1-2H3,(H2,68,88)(H2,69,93)(H,72,94)(H,74,89)(H,75,97)(H,76,99)(H,77,95)(H,78,101)(H,79,102)(H,80,96)(H,81,98)(H,82,100)(H,83,84)(H,91,92)(H4,70,71,73)/t41-,42-,43-,45-,46-,47+,48+,49-,50-,55-/m0/s1. The Balaban J connectivity index is 1.41. The number of nitrogens with two attached hydrogens (primary N) is 4. The SMILES string of the molecule is CC(C)[C@@H]1NC(=O)[C@@H](NC(=O)[C@H](Cc2ccc(O)cc2)NC(=O)[C@@H]2CCCN2C(=O)CCN)CSSC[C@H](C(N)=O)NC(=O)[C@H](CCC(=O)O)NC(=O)[C@@H](Cc2n[nH]c3ccccc23)NC(=O)[C@H](CCC(N)=O)NC(=O)CCNC(=O)[C@H](CCCNC(=N)N)NC(=O)[C@H](Cc2ccc(O)cc2)NC1=O. The molecule has 0 unspecified atom stereocenters. The number of benzene rings is 3. The van der Waals surface area contributed by atoms with Crippen LogP contribution in [0.4, 0.5) is 0 Å². The number of phenolic OH excluding ortho intramolecular Hbond substituents is 2. The molecule has 0 saturated carbocycles. The number of carbonyl (C=O) groups is 14. The van der Waals surface area contributed by atoms with Gasteiger partial charge >= 0.3 is 5.97 Å². The van der Waals surface area contributed by atoms with E-state index in [0.29, 0.717) is 28.5 Å². The summed E-state index contributed by atoms with van der Waals surface area (Å²) in [7, 11) is 1.68. The van der Waals surface area contributed by atoms with E-state index in [9.17, 15) is 77.6 Å². The fourth-order valence-corrected chi connectivity index (χ4v) is 13.5. The maximum absolute atomic E-state index is 15.0. The van der Waals surface area contributed by atoms with Crippen LogP contribution in [-0.2, 0) is 86.4 Å². The molecule has 2 saturated heterocycles. The van der Waals surface area contributed by atoms with Crippen molar-refractivity contribution in [3.05, 3.63) is 89.6 Å². The monoisotopic (exact) mass is 1490 g/mol. The number of aromatic hydroxyl groups is 2. The van der Waals surface area contributed by atoms with Gasteiger partial charge in [0.05, 0.1) is 11.2 Å². The topological polar surface area (TPSA) is 592 Å².